The van der Waals surface area contributed by atoms with Crippen LogP contribution in [0, 0.1) is 13.7 Å². The van der Waals surface area contributed by atoms with Gasteiger partial charge in [0.2, 0.25) is 0 Å². The van der Waals surface area contributed by atoms with Crippen LogP contribution in [0.4, 0.5) is 5.69 Å². The van der Waals surface area contributed by atoms with E-state index in [-0.39, 0.29) is 16.4 Å². The number of thiocarbonyl (C=S) groups is 1. The van der Waals surface area contributed by atoms with Gasteiger partial charge in [-0.3, -0.25) is 35.9 Å². The summed E-state index contributed by atoms with van der Waals surface area (Å²) in [7, 11) is 1.53. The van der Waals surface area contributed by atoms with Gasteiger partial charge in [-0.1, -0.05) is 0 Å². The average Bonchev–Trinajstić information content (AvgIpc) is 2.66. The molecule has 0 heterocycles. The highest BCUT2D eigenvalue weighted by molar-refractivity contribution is 14.1. The van der Waals surface area contributed by atoms with Gasteiger partial charge in [0, 0.05) is 23.3 Å². The van der Waals surface area contributed by atoms with Crippen molar-refractivity contribution in [1.29, 1.82) is 0 Å². The molecule has 0 fully saturated rings. The molecular formula is C16H13IN4O5S. The Morgan fingerprint density at radius 2 is 1.70 bits per heavy atom. The SMILES string of the molecule is COc1ccc(C(=O)NC(=S)NNC(=O)c2ccc([N+](=O)[O-])cc2)cc1I. The number of nitro groups is 1. The van der Waals surface area contributed by atoms with E-state index in [9.17, 15) is 19.7 Å². The number of halogens is 1. The van der Waals surface area contributed by atoms with Gasteiger partial charge in [0.15, 0.2) is 5.11 Å². The molecule has 0 atom stereocenters. The highest BCUT2D eigenvalue weighted by Gasteiger charge is 2.12. The largest absolute Gasteiger partial charge is 0.496 e. The first-order chi connectivity index (χ1) is 12.8. The van der Waals surface area contributed by atoms with Crippen molar-refractivity contribution in [2.45, 2.75) is 0 Å². The molecule has 9 nitrogen and oxygen atoms in total. The van der Waals surface area contributed by atoms with Crippen LogP contribution in [0.3, 0.4) is 0 Å². The van der Waals surface area contributed by atoms with Crippen LogP contribution < -0.4 is 20.9 Å². The number of rotatable bonds is 4. The second-order valence-electron chi connectivity index (χ2n) is 5.02. The lowest BCUT2D eigenvalue weighted by Crippen LogP contribution is -2.48. The van der Waals surface area contributed by atoms with E-state index in [1.54, 1.807) is 18.2 Å². The Kier molecular flexibility index (Phi) is 7.01. The number of nitrogens with one attached hydrogen (secondary N) is 3. The van der Waals surface area contributed by atoms with Gasteiger partial charge >= 0.3 is 0 Å². The third-order valence-electron chi connectivity index (χ3n) is 3.27. The van der Waals surface area contributed by atoms with Crippen molar-refractivity contribution in [3.63, 3.8) is 0 Å². The Balaban J connectivity index is 1.89. The number of hydrogen-bond donors (Lipinski definition) is 3. The molecule has 0 aliphatic rings. The summed E-state index contributed by atoms with van der Waals surface area (Å²) in [4.78, 5) is 34.2. The van der Waals surface area contributed by atoms with Crippen molar-refractivity contribution in [3.05, 3.63) is 67.3 Å². The number of carbonyl (C=O) groups excluding carboxylic acids is 2. The molecule has 0 saturated carbocycles. The van der Waals surface area contributed by atoms with Gasteiger partial charge in [-0.25, -0.2) is 0 Å². The molecule has 2 amide bonds. The minimum absolute atomic E-state index is 0.110. The Morgan fingerprint density at radius 3 is 2.26 bits per heavy atom. The number of methoxy groups -OCH3 is 1. The van der Waals surface area contributed by atoms with Crippen LogP contribution in [0.15, 0.2) is 42.5 Å². The molecule has 11 heteroatoms. The summed E-state index contributed by atoms with van der Waals surface area (Å²) in [5, 5.41) is 12.9. The Hall–Kier alpha value is -2.80. The van der Waals surface area contributed by atoms with Crippen molar-refractivity contribution in [1.82, 2.24) is 16.2 Å². The number of ether oxygens (including phenoxy) is 1. The third-order valence-corrected chi connectivity index (χ3v) is 4.32. The number of hydrogen-bond acceptors (Lipinski definition) is 6. The number of benzene rings is 2. The average molecular weight is 500 g/mol. The lowest BCUT2D eigenvalue weighted by molar-refractivity contribution is -0.384. The molecule has 2 aromatic carbocycles. The first-order valence-electron chi connectivity index (χ1n) is 7.31. The third kappa shape index (κ3) is 5.59. The molecule has 27 heavy (non-hydrogen) atoms. The van der Waals surface area contributed by atoms with Crippen LogP contribution in [0.1, 0.15) is 20.7 Å². The molecule has 0 bridgehead atoms. The first-order valence-corrected chi connectivity index (χ1v) is 8.80. The molecule has 140 valence electrons. The van der Waals surface area contributed by atoms with Crippen LogP contribution in [0.25, 0.3) is 0 Å². The maximum atomic E-state index is 12.2. The van der Waals surface area contributed by atoms with Crippen LogP contribution in [-0.4, -0.2) is 29.0 Å². The molecule has 0 aliphatic carbocycles. The highest BCUT2D eigenvalue weighted by atomic mass is 127. The molecule has 0 radical (unpaired) electrons. The smallest absolute Gasteiger partial charge is 0.269 e. The van der Waals surface area contributed by atoms with E-state index in [1.807, 2.05) is 22.6 Å². The predicted molar refractivity (Wildman–Crippen MR) is 109 cm³/mol. The molecule has 0 spiro atoms. The summed E-state index contributed by atoms with van der Waals surface area (Å²) >= 11 is 7.00. The van der Waals surface area contributed by atoms with E-state index in [0.29, 0.717) is 11.3 Å². The van der Waals surface area contributed by atoms with Gasteiger partial charge < -0.3 is 4.74 Å². The van der Waals surface area contributed by atoms with Crippen LogP contribution in [0.5, 0.6) is 5.75 Å². The minimum atomic E-state index is -0.569. The van der Waals surface area contributed by atoms with E-state index in [4.69, 9.17) is 17.0 Å². The standard InChI is InChI=1S/C16H13IN4O5S/c1-26-13-7-4-10(8-12(13)17)14(22)18-16(27)20-19-15(23)9-2-5-11(6-3-9)21(24)25/h2-8H,1H3,(H,19,23)(H2,18,20,22,27). The molecule has 0 aliphatic heterocycles. The summed E-state index contributed by atoms with van der Waals surface area (Å²) < 4.78 is 5.88. The molecule has 2 aromatic rings. The molecule has 3 N–H and O–H groups in total. The first kappa shape index (κ1) is 20.5. The van der Waals surface area contributed by atoms with Gasteiger partial charge in [-0.15, -0.1) is 0 Å². The topological polar surface area (TPSA) is 123 Å². The number of non-ortho nitro benzene ring substituents is 1. The highest BCUT2D eigenvalue weighted by Crippen LogP contribution is 2.21. The Labute approximate surface area is 172 Å². The number of carbonyl (C=O) groups is 2. The van der Waals surface area contributed by atoms with Gasteiger partial charge in [-0.05, 0) is 65.1 Å². The number of hydrazine groups is 1. The Morgan fingerprint density at radius 1 is 1.07 bits per heavy atom. The van der Waals surface area contributed by atoms with E-state index in [0.717, 1.165) is 3.57 Å². The lowest BCUT2D eigenvalue weighted by atomic mass is 10.2. The molecule has 0 unspecified atom stereocenters. The fourth-order valence-corrected chi connectivity index (χ4v) is 2.81. The maximum absolute atomic E-state index is 12.2. The van der Waals surface area contributed by atoms with E-state index < -0.39 is 16.7 Å². The summed E-state index contributed by atoms with van der Waals surface area (Å²) in [6.45, 7) is 0. The maximum Gasteiger partial charge on any atom is 0.269 e. The molecule has 0 aromatic heterocycles. The van der Waals surface area contributed by atoms with Gasteiger partial charge in [0.1, 0.15) is 5.75 Å². The van der Waals surface area contributed by atoms with Gasteiger partial charge in [0.25, 0.3) is 17.5 Å². The number of nitro benzene ring substituents is 1. The summed E-state index contributed by atoms with van der Waals surface area (Å²) in [6.07, 6.45) is 0. The molecule has 0 saturated heterocycles. The lowest BCUT2D eigenvalue weighted by Gasteiger charge is -2.11. The van der Waals surface area contributed by atoms with E-state index in [2.05, 4.69) is 16.2 Å². The number of nitrogens with zero attached hydrogens (tertiary/aromatic N) is 1. The summed E-state index contributed by atoms with van der Waals surface area (Å²) in [6, 6.07) is 9.89. The van der Waals surface area contributed by atoms with E-state index >= 15 is 0 Å². The van der Waals surface area contributed by atoms with Crippen molar-refractivity contribution < 1.29 is 19.2 Å². The molecular weight excluding hydrogens is 487 g/mol. The van der Waals surface area contributed by atoms with Crippen molar-refractivity contribution >= 4 is 57.4 Å². The quantitative estimate of drug-likeness (QED) is 0.255. The van der Waals surface area contributed by atoms with E-state index in [1.165, 1.54) is 31.4 Å². The van der Waals surface area contributed by atoms with Crippen molar-refractivity contribution in [2.24, 2.45) is 0 Å². The molecule has 2 rings (SSSR count). The fourth-order valence-electron chi connectivity index (χ4n) is 1.93. The summed E-state index contributed by atoms with van der Waals surface area (Å²) in [5.41, 5.74) is 5.12. The Bertz CT molecular complexity index is 904. The van der Waals surface area contributed by atoms with Crippen molar-refractivity contribution in [3.8, 4) is 5.75 Å². The normalized spacial score (nSPS) is 9.85. The number of amides is 2. The van der Waals surface area contributed by atoms with Crippen LogP contribution >= 0.6 is 34.8 Å². The second-order valence-corrected chi connectivity index (χ2v) is 6.59. The predicted octanol–water partition coefficient (Wildman–Crippen LogP) is 2.16. The zero-order valence-corrected chi connectivity index (χ0v) is 16.8. The van der Waals surface area contributed by atoms with Crippen molar-refractivity contribution in [2.75, 3.05) is 7.11 Å². The monoisotopic (exact) mass is 500 g/mol. The van der Waals surface area contributed by atoms with Crippen LogP contribution in [0.2, 0.25) is 0 Å². The summed E-state index contributed by atoms with van der Waals surface area (Å²) in [5.74, 6) is -0.388. The van der Waals surface area contributed by atoms with Gasteiger partial charge in [0.05, 0.1) is 15.6 Å². The zero-order valence-electron chi connectivity index (χ0n) is 13.8. The zero-order chi connectivity index (χ0) is 20.0. The van der Waals surface area contributed by atoms with Crippen LogP contribution in [-0.2, 0) is 0 Å². The minimum Gasteiger partial charge on any atom is -0.496 e. The fraction of sp³-hybridized carbons (Fsp3) is 0.0625. The second kappa shape index (κ2) is 9.23. The van der Waals surface area contributed by atoms with Gasteiger partial charge in [-0.2, -0.15) is 0 Å².